The van der Waals surface area contributed by atoms with Gasteiger partial charge in [-0.05, 0) is 33.7 Å². The molecule has 8 aromatic rings. The van der Waals surface area contributed by atoms with Gasteiger partial charge in [-0.1, -0.05) is 196 Å². The third kappa shape index (κ3) is 7.05. The summed E-state index contributed by atoms with van der Waals surface area (Å²) in [4.78, 5) is 0. The standard InChI is InChI=1S/C44H34N2P2.C2H6/c1-5-19-35(20-6-1)47(36-21-7-2-8-22-36)45-41-31-29-33-17-13-15-27-39(33)43(41)44-40-28-16-14-18-34(40)30-32-42(44)46-48(37-23-9-3-10-24-37)38-25-11-4-12-26-38;1-2/h1-32,45-46H;1-2H3. The van der Waals surface area contributed by atoms with Crippen LogP contribution in [0.15, 0.2) is 194 Å². The zero-order valence-corrected chi connectivity index (χ0v) is 30.2. The molecule has 0 spiro atoms. The Balaban J connectivity index is 0.00000193. The molecular formula is C46H40N2P2. The topological polar surface area (TPSA) is 24.1 Å². The van der Waals surface area contributed by atoms with Gasteiger partial charge >= 0.3 is 0 Å². The third-order valence-electron chi connectivity index (χ3n) is 8.63. The van der Waals surface area contributed by atoms with Gasteiger partial charge in [0.05, 0.1) is 16.1 Å². The van der Waals surface area contributed by atoms with Crippen LogP contribution in [0.4, 0.5) is 11.4 Å². The van der Waals surface area contributed by atoms with E-state index in [1.165, 1.54) is 53.9 Å². The van der Waals surface area contributed by atoms with Crippen molar-refractivity contribution < 1.29 is 0 Å². The summed E-state index contributed by atoms with van der Waals surface area (Å²) in [6.07, 6.45) is 0. The van der Waals surface area contributed by atoms with Crippen LogP contribution in [-0.4, -0.2) is 0 Å². The molecule has 0 atom stereocenters. The maximum absolute atomic E-state index is 4.12. The minimum atomic E-state index is -0.897. The SMILES string of the molecule is CC.c1ccc(P(Nc2ccc3ccccc3c2-c2c(NP(c3ccccc3)c3ccccc3)ccc3ccccc23)c2ccccc2)cc1. The lowest BCUT2D eigenvalue weighted by Gasteiger charge is -2.27. The van der Waals surface area contributed by atoms with E-state index in [0.29, 0.717) is 0 Å². The van der Waals surface area contributed by atoms with E-state index in [0.717, 1.165) is 11.4 Å². The first-order chi connectivity index (χ1) is 24.8. The Morgan fingerprint density at radius 3 is 0.900 bits per heavy atom. The highest BCUT2D eigenvalue weighted by atomic mass is 31.1. The van der Waals surface area contributed by atoms with Crippen molar-refractivity contribution in [3.05, 3.63) is 194 Å². The largest absolute Gasteiger partial charge is 0.356 e. The number of fused-ring (bicyclic) bond motifs is 2. The molecule has 0 amide bonds. The highest BCUT2D eigenvalue weighted by Gasteiger charge is 2.23. The normalized spacial score (nSPS) is 11.0. The van der Waals surface area contributed by atoms with Crippen LogP contribution in [0, 0.1) is 0 Å². The van der Waals surface area contributed by atoms with Gasteiger partial charge in [-0.25, -0.2) is 0 Å². The average molecular weight is 683 g/mol. The molecule has 0 bridgehead atoms. The van der Waals surface area contributed by atoms with Crippen LogP contribution in [0.5, 0.6) is 0 Å². The van der Waals surface area contributed by atoms with E-state index in [1.807, 2.05) is 13.8 Å². The highest BCUT2D eigenvalue weighted by molar-refractivity contribution is 7.74. The van der Waals surface area contributed by atoms with Gasteiger partial charge in [0, 0.05) is 43.7 Å². The fourth-order valence-electron chi connectivity index (χ4n) is 6.37. The fraction of sp³-hybridized carbons (Fsp3) is 0.0435. The summed E-state index contributed by atoms with van der Waals surface area (Å²) in [5.74, 6) is 0. The van der Waals surface area contributed by atoms with Crippen LogP contribution in [0.1, 0.15) is 13.8 Å². The van der Waals surface area contributed by atoms with Crippen LogP contribution >= 0.6 is 16.1 Å². The summed E-state index contributed by atoms with van der Waals surface area (Å²) < 4.78 is 0. The van der Waals surface area contributed by atoms with Crippen molar-refractivity contribution in [2.24, 2.45) is 0 Å². The number of benzene rings is 8. The van der Waals surface area contributed by atoms with Crippen molar-refractivity contribution in [2.75, 3.05) is 10.2 Å². The molecule has 244 valence electrons. The average Bonchev–Trinajstić information content (AvgIpc) is 3.21. The van der Waals surface area contributed by atoms with Crippen LogP contribution in [0.3, 0.4) is 0 Å². The molecule has 8 rings (SSSR count). The highest BCUT2D eigenvalue weighted by Crippen LogP contribution is 2.49. The Kier molecular flexibility index (Phi) is 10.6. The molecule has 0 saturated heterocycles. The molecule has 4 heteroatoms. The van der Waals surface area contributed by atoms with Crippen LogP contribution in [0.25, 0.3) is 32.7 Å². The lowest BCUT2D eigenvalue weighted by molar-refractivity contribution is 1.50. The summed E-state index contributed by atoms with van der Waals surface area (Å²) in [5.41, 5.74) is 4.66. The van der Waals surface area contributed by atoms with Crippen molar-refractivity contribution in [3.63, 3.8) is 0 Å². The Hall–Kier alpha value is -5.26. The number of hydrogen-bond donors (Lipinski definition) is 2. The van der Waals surface area contributed by atoms with Gasteiger partial charge in [0.1, 0.15) is 0 Å². The van der Waals surface area contributed by atoms with E-state index < -0.39 is 16.1 Å². The Labute approximate surface area is 298 Å². The van der Waals surface area contributed by atoms with E-state index in [4.69, 9.17) is 0 Å². The predicted octanol–water partition coefficient (Wildman–Crippen LogP) is 11.6. The molecule has 0 saturated carbocycles. The van der Waals surface area contributed by atoms with Gasteiger partial charge in [0.25, 0.3) is 0 Å². The second kappa shape index (κ2) is 16.0. The third-order valence-corrected chi connectivity index (χ3v) is 12.8. The van der Waals surface area contributed by atoms with Crippen molar-refractivity contribution in [1.29, 1.82) is 0 Å². The molecule has 0 unspecified atom stereocenters. The van der Waals surface area contributed by atoms with Crippen molar-refractivity contribution in [3.8, 4) is 11.1 Å². The van der Waals surface area contributed by atoms with Gasteiger partial charge in [-0.3, -0.25) is 0 Å². The second-order valence-corrected chi connectivity index (χ2v) is 15.5. The molecule has 0 radical (unpaired) electrons. The van der Waals surface area contributed by atoms with Gasteiger partial charge in [0.15, 0.2) is 0 Å². The first kappa shape index (κ1) is 33.2. The summed E-state index contributed by atoms with van der Waals surface area (Å²) >= 11 is 0. The van der Waals surface area contributed by atoms with E-state index in [-0.39, 0.29) is 0 Å². The number of anilines is 2. The molecule has 0 aliphatic rings. The summed E-state index contributed by atoms with van der Waals surface area (Å²) in [6.45, 7) is 4.00. The lowest BCUT2D eigenvalue weighted by Crippen LogP contribution is -2.18. The molecule has 0 aromatic heterocycles. The molecule has 0 heterocycles. The summed E-state index contributed by atoms with van der Waals surface area (Å²) in [6, 6.07) is 70.0. The minimum Gasteiger partial charge on any atom is -0.356 e. The van der Waals surface area contributed by atoms with E-state index >= 15 is 0 Å². The number of hydrogen-bond acceptors (Lipinski definition) is 2. The number of rotatable bonds is 9. The maximum Gasteiger partial charge on any atom is 0.0522 e. The van der Waals surface area contributed by atoms with Gasteiger partial charge in [0.2, 0.25) is 0 Å². The van der Waals surface area contributed by atoms with Gasteiger partial charge < -0.3 is 10.2 Å². The Morgan fingerprint density at radius 1 is 0.300 bits per heavy atom. The van der Waals surface area contributed by atoms with Crippen molar-refractivity contribution in [2.45, 2.75) is 13.8 Å². The first-order valence-corrected chi connectivity index (χ1v) is 19.9. The van der Waals surface area contributed by atoms with Gasteiger partial charge in [-0.2, -0.15) is 0 Å². The zero-order valence-electron chi connectivity index (χ0n) is 28.4. The minimum absolute atomic E-state index is 0.897. The van der Waals surface area contributed by atoms with E-state index in [2.05, 4.69) is 204 Å². The summed E-state index contributed by atoms with van der Waals surface area (Å²) in [5, 5.41) is 18.3. The smallest absolute Gasteiger partial charge is 0.0522 e. The maximum atomic E-state index is 4.12. The fourth-order valence-corrected chi connectivity index (χ4v) is 10.2. The van der Waals surface area contributed by atoms with Crippen LogP contribution in [0.2, 0.25) is 0 Å². The Bertz CT molecular complexity index is 2050. The molecule has 0 aliphatic carbocycles. The van der Waals surface area contributed by atoms with Crippen molar-refractivity contribution in [1.82, 2.24) is 0 Å². The quantitative estimate of drug-likeness (QED) is 0.148. The first-order valence-electron chi connectivity index (χ1n) is 17.2. The molecule has 0 aliphatic heterocycles. The van der Waals surface area contributed by atoms with Crippen molar-refractivity contribution >= 4 is 70.3 Å². The molecule has 0 fully saturated rings. The van der Waals surface area contributed by atoms with E-state index in [1.54, 1.807) is 0 Å². The molecule has 50 heavy (non-hydrogen) atoms. The Morgan fingerprint density at radius 2 is 0.580 bits per heavy atom. The second-order valence-electron chi connectivity index (χ2n) is 11.7. The lowest BCUT2D eigenvalue weighted by atomic mass is 9.91. The van der Waals surface area contributed by atoms with Gasteiger partial charge in [-0.15, -0.1) is 0 Å². The molecular weight excluding hydrogens is 642 g/mol. The van der Waals surface area contributed by atoms with E-state index in [9.17, 15) is 0 Å². The predicted molar refractivity (Wildman–Crippen MR) is 224 cm³/mol. The molecule has 2 N–H and O–H groups in total. The molecule has 8 aromatic carbocycles. The zero-order chi connectivity index (χ0) is 34.1. The van der Waals surface area contributed by atoms with Crippen LogP contribution < -0.4 is 31.4 Å². The monoisotopic (exact) mass is 682 g/mol. The van der Waals surface area contributed by atoms with Crippen LogP contribution in [-0.2, 0) is 0 Å². The summed E-state index contributed by atoms with van der Waals surface area (Å²) in [7, 11) is -1.79. The molecule has 2 nitrogen and oxygen atoms in total. The number of nitrogens with one attached hydrogen (secondary N) is 2.